The first kappa shape index (κ1) is 12.7. The van der Waals surface area contributed by atoms with Crippen LogP contribution in [0.5, 0.6) is 0 Å². The molecule has 1 rings (SSSR count). The van der Waals surface area contributed by atoms with Gasteiger partial charge in [0, 0.05) is 20.2 Å². The highest BCUT2D eigenvalue weighted by Gasteiger charge is 2.15. The van der Waals surface area contributed by atoms with E-state index in [1.807, 2.05) is 38.1 Å². The normalized spacial score (nSPS) is 11.1. The Bertz CT molecular complexity index is 380. The lowest BCUT2D eigenvalue weighted by molar-refractivity contribution is 0.0230. The van der Waals surface area contributed by atoms with E-state index in [1.54, 1.807) is 7.11 Å². The molecule has 3 heteroatoms. The zero-order valence-corrected chi connectivity index (χ0v) is 10.1. The second-order valence-corrected chi connectivity index (χ2v) is 4.34. The van der Waals surface area contributed by atoms with E-state index in [-0.39, 0.29) is 5.60 Å². The first-order valence-corrected chi connectivity index (χ1v) is 5.33. The highest BCUT2D eigenvalue weighted by Crippen LogP contribution is 2.08. The lowest BCUT2D eigenvalue weighted by Crippen LogP contribution is -2.36. The number of nitrogens with zero attached hydrogens (tertiary/aromatic N) is 1. The molecule has 0 radical (unpaired) electrons. The van der Waals surface area contributed by atoms with Crippen LogP contribution in [0.25, 0.3) is 0 Å². The zero-order chi connectivity index (χ0) is 12.0. The predicted octanol–water partition coefficient (Wildman–Crippen LogP) is 2.07. The van der Waals surface area contributed by atoms with Crippen molar-refractivity contribution in [1.82, 2.24) is 5.32 Å². The Morgan fingerprint density at radius 3 is 2.69 bits per heavy atom. The second-order valence-electron chi connectivity index (χ2n) is 4.34. The summed E-state index contributed by atoms with van der Waals surface area (Å²) >= 11 is 0. The van der Waals surface area contributed by atoms with Crippen LogP contribution in [0.3, 0.4) is 0 Å². The Labute approximate surface area is 97.0 Å². The second kappa shape index (κ2) is 5.64. The lowest BCUT2D eigenvalue weighted by atomic mass is 10.1. The molecule has 1 N–H and O–H groups in total. The van der Waals surface area contributed by atoms with Gasteiger partial charge < -0.3 is 10.1 Å². The molecule has 0 spiro atoms. The molecular formula is C13H18N2O. The van der Waals surface area contributed by atoms with Crippen molar-refractivity contribution in [3.05, 3.63) is 35.4 Å². The quantitative estimate of drug-likeness (QED) is 0.823. The van der Waals surface area contributed by atoms with E-state index in [4.69, 9.17) is 10.00 Å². The van der Waals surface area contributed by atoms with Gasteiger partial charge in [-0.15, -0.1) is 0 Å². The number of hydrogen-bond acceptors (Lipinski definition) is 3. The molecule has 1 aromatic carbocycles. The maximum absolute atomic E-state index is 8.92. The summed E-state index contributed by atoms with van der Waals surface area (Å²) in [4.78, 5) is 0. The van der Waals surface area contributed by atoms with Crippen LogP contribution in [0, 0.1) is 11.3 Å². The monoisotopic (exact) mass is 218 g/mol. The molecule has 0 aliphatic heterocycles. The molecule has 16 heavy (non-hydrogen) atoms. The van der Waals surface area contributed by atoms with Gasteiger partial charge >= 0.3 is 0 Å². The standard InChI is InChI=1S/C13H18N2O/c1-13(2,16-3)10-15-9-12-7-5-4-6-11(12)8-14/h4-7,15H,9-10H2,1-3H3. The molecule has 0 saturated carbocycles. The van der Waals surface area contributed by atoms with Crippen LogP contribution in [0.15, 0.2) is 24.3 Å². The fourth-order valence-corrected chi connectivity index (χ4v) is 1.35. The first-order chi connectivity index (χ1) is 7.59. The summed E-state index contributed by atoms with van der Waals surface area (Å²) in [6.07, 6.45) is 0. The van der Waals surface area contributed by atoms with Crippen molar-refractivity contribution in [1.29, 1.82) is 5.26 Å². The molecule has 0 aliphatic carbocycles. The minimum Gasteiger partial charge on any atom is -0.377 e. The third-order valence-electron chi connectivity index (χ3n) is 2.56. The van der Waals surface area contributed by atoms with E-state index in [0.29, 0.717) is 6.54 Å². The number of rotatable bonds is 5. The summed E-state index contributed by atoms with van der Waals surface area (Å²) in [5, 5.41) is 12.2. The molecule has 0 fully saturated rings. The minimum absolute atomic E-state index is 0.179. The van der Waals surface area contributed by atoms with Crippen molar-refractivity contribution < 1.29 is 4.74 Å². The number of methoxy groups -OCH3 is 1. The Balaban J connectivity index is 2.53. The van der Waals surface area contributed by atoms with Gasteiger partial charge in [-0.2, -0.15) is 5.26 Å². The average Bonchev–Trinajstić information content (AvgIpc) is 2.29. The van der Waals surface area contributed by atoms with Crippen molar-refractivity contribution in [2.24, 2.45) is 0 Å². The molecule has 0 heterocycles. The van der Waals surface area contributed by atoms with Crippen molar-refractivity contribution >= 4 is 0 Å². The minimum atomic E-state index is -0.179. The van der Waals surface area contributed by atoms with E-state index < -0.39 is 0 Å². The maximum Gasteiger partial charge on any atom is 0.0995 e. The van der Waals surface area contributed by atoms with Crippen LogP contribution >= 0.6 is 0 Å². The van der Waals surface area contributed by atoms with Crippen LogP contribution in [0.2, 0.25) is 0 Å². The Morgan fingerprint density at radius 2 is 2.06 bits per heavy atom. The molecule has 0 aliphatic rings. The fraction of sp³-hybridized carbons (Fsp3) is 0.462. The van der Waals surface area contributed by atoms with Crippen molar-refractivity contribution in [2.45, 2.75) is 26.0 Å². The van der Waals surface area contributed by atoms with Gasteiger partial charge in [0.1, 0.15) is 0 Å². The van der Waals surface area contributed by atoms with Gasteiger partial charge in [-0.25, -0.2) is 0 Å². The van der Waals surface area contributed by atoms with Crippen LogP contribution in [-0.2, 0) is 11.3 Å². The topological polar surface area (TPSA) is 45.0 Å². The van der Waals surface area contributed by atoms with Crippen LogP contribution in [-0.4, -0.2) is 19.3 Å². The van der Waals surface area contributed by atoms with Crippen molar-refractivity contribution in [3.8, 4) is 6.07 Å². The smallest absolute Gasteiger partial charge is 0.0995 e. The number of nitriles is 1. The summed E-state index contributed by atoms with van der Waals surface area (Å²) in [5.41, 5.74) is 1.57. The number of nitrogens with one attached hydrogen (secondary N) is 1. The molecule has 0 unspecified atom stereocenters. The fourth-order valence-electron chi connectivity index (χ4n) is 1.35. The third-order valence-corrected chi connectivity index (χ3v) is 2.56. The molecule has 1 aromatic rings. The number of ether oxygens (including phenoxy) is 1. The Morgan fingerprint density at radius 1 is 1.38 bits per heavy atom. The van der Waals surface area contributed by atoms with Gasteiger partial charge in [0.25, 0.3) is 0 Å². The number of hydrogen-bond donors (Lipinski definition) is 1. The lowest BCUT2D eigenvalue weighted by Gasteiger charge is -2.23. The zero-order valence-electron chi connectivity index (χ0n) is 10.1. The largest absolute Gasteiger partial charge is 0.377 e. The van der Waals surface area contributed by atoms with Gasteiger partial charge in [0.2, 0.25) is 0 Å². The van der Waals surface area contributed by atoms with Crippen molar-refractivity contribution in [2.75, 3.05) is 13.7 Å². The van der Waals surface area contributed by atoms with Gasteiger partial charge in [-0.05, 0) is 25.5 Å². The third kappa shape index (κ3) is 3.65. The van der Waals surface area contributed by atoms with E-state index in [0.717, 1.165) is 17.7 Å². The molecular weight excluding hydrogens is 200 g/mol. The Kier molecular flexibility index (Phi) is 4.48. The molecule has 0 atom stereocenters. The SMILES string of the molecule is COC(C)(C)CNCc1ccccc1C#N. The first-order valence-electron chi connectivity index (χ1n) is 5.33. The van der Waals surface area contributed by atoms with Crippen LogP contribution < -0.4 is 5.32 Å². The van der Waals surface area contributed by atoms with Gasteiger partial charge in [-0.1, -0.05) is 18.2 Å². The molecule has 3 nitrogen and oxygen atoms in total. The Hall–Kier alpha value is -1.37. The summed E-state index contributed by atoms with van der Waals surface area (Å²) in [7, 11) is 1.70. The summed E-state index contributed by atoms with van der Waals surface area (Å²) in [6, 6.07) is 9.80. The van der Waals surface area contributed by atoms with E-state index in [2.05, 4.69) is 11.4 Å². The highest BCUT2D eigenvalue weighted by molar-refractivity contribution is 5.37. The van der Waals surface area contributed by atoms with Gasteiger partial charge in [-0.3, -0.25) is 0 Å². The molecule has 86 valence electrons. The molecule has 0 bridgehead atoms. The number of benzene rings is 1. The molecule has 0 aromatic heterocycles. The summed E-state index contributed by atoms with van der Waals surface area (Å²) in [6.45, 7) is 5.49. The average molecular weight is 218 g/mol. The van der Waals surface area contributed by atoms with Crippen LogP contribution in [0.1, 0.15) is 25.0 Å². The summed E-state index contributed by atoms with van der Waals surface area (Å²) in [5.74, 6) is 0. The van der Waals surface area contributed by atoms with Gasteiger partial charge in [0.05, 0.1) is 17.2 Å². The summed E-state index contributed by atoms with van der Waals surface area (Å²) < 4.78 is 5.30. The van der Waals surface area contributed by atoms with Crippen LogP contribution in [0.4, 0.5) is 0 Å². The highest BCUT2D eigenvalue weighted by atomic mass is 16.5. The molecule has 0 saturated heterocycles. The maximum atomic E-state index is 8.92. The van der Waals surface area contributed by atoms with E-state index >= 15 is 0 Å². The van der Waals surface area contributed by atoms with Gasteiger partial charge in [0.15, 0.2) is 0 Å². The predicted molar refractivity (Wildman–Crippen MR) is 64.0 cm³/mol. The van der Waals surface area contributed by atoms with Crippen molar-refractivity contribution in [3.63, 3.8) is 0 Å². The van der Waals surface area contributed by atoms with E-state index in [1.165, 1.54) is 0 Å². The molecule has 0 amide bonds. The van der Waals surface area contributed by atoms with E-state index in [9.17, 15) is 0 Å².